The van der Waals surface area contributed by atoms with Crippen molar-refractivity contribution in [2.45, 2.75) is 25.3 Å². The molecule has 1 fully saturated rings. The Morgan fingerprint density at radius 3 is 2.95 bits per heavy atom. The first-order chi connectivity index (χ1) is 10.3. The van der Waals surface area contributed by atoms with Gasteiger partial charge in [-0.25, -0.2) is 4.98 Å². The number of nitrogens with zero attached hydrogens (tertiary/aromatic N) is 3. The third-order valence-corrected chi connectivity index (χ3v) is 4.32. The highest BCUT2D eigenvalue weighted by Gasteiger charge is 2.24. The fourth-order valence-corrected chi connectivity index (χ4v) is 3.25. The summed E-state index contributed by atoms with van der Waals surface area (Å²) < 4.78 is 7.61. The molecule has 4 heteroatoms. The minimum Gasteiger partial charge on any atom is -0.496 e. The molecular formula is C17H23N3O. The third-order valence-electron chi connectivity index (χ3n) is 4.32. The summed E-state index contributed by atoms with van der Waals surface area (Å²) in [5, 5.41) is 0. The molecule has 3 rings (SSSR count). The van der Waals surface area contributed by atoms with Crippen molar-refractivity contribution >= 4 is 0 Å². The summed E-state index contributed by atoms with van der Waals surface area (Å²) in [5.74, 6) is 2.73. The van der Waals surface area contributed by atoms with Crippen molar-refractivity contribution < 1.29 is 4.74 Å². The monoisotopic (exact) mass is 285 g/mol. The fraction of sp³-hybridized carbons (Fsp3) is 0.471. The molecule has 1 saturated heterocycles. The fourth-order valence-electron chi connectivity index (χ4n) is 3.25. The minimum atomic E-state index is 0.536. The number of hydrogen-bond acceptors (Lipinski definition) is 3. The number of methoxy groups -OCH3 is 1. The van der Waals surface area contributed by atoms with Gasteiger partial charge in [0.25, 0.3) is 0 Å². The standard InChI is InChI=1S/C17H23N3O/c1-19-11-9-18-17(19)15-7-5-10-20(13-15)12-14-6-3-4-8-16(14)21-2/h3-4,6,8-9,11,15H,5,7,10,12-13H2,1-2H3/t15-/m1/s1. The van der Waals surface area contributed by atoms with Crippen LogP contribution in [0.15, 0.2) is 36.7 Å². The SMILES string of the molecule is COc1ccccc1CN1CCC[C@@H](c2nccn2C)C1. The first-order valence-corrected chi connectivity index (χ1v) is 7.59. The summed E-state index contributed by atoms with van der Waals surface area (Å²) in [6.45, 7) is 3.17. The zero-order valence-corrected chi connectivity index (χ0v) is 12.8. The van der Waals surface area contributed by atoms with Crippen molar-refractivity contribution in [2.24, 2.45) is 7.05 Å². The molecule has 2 aromatic rings. The van der Waals surface area contributed by atoms with Gasteiger partial charge < -0.3 is 9.30 Å². The number of para-hydroxylation sites is 1. The van der Waals surface area contributed by atoms with E-state index in [1.807, 2.05) is 24.5 Å². The van der Waals surface area contributed by atoms with Crippen LogP contribution in [-0.4, -0.2) is 34.7 Å². The van der Waals surface area contributed by atoms with Crippen LogP contribution in [-0.2, 0) is 13.6 Å². The number of likely N-dealkylation sites (tertiary alicyclic amines) is 1. The largest absolute Gasteiger partial charge is 0.496 e. The Morgan fingerprint density at radius 2 is 2.19 bits per heavy atom. The number of piperidine rings is 1. The van der Waals surface area contributed by atoms with Crippen LogP contribution >= 0.6 is 0 Å². The molecule has 1 aromatic carbocycles. The van der Waals surface area contributed by atoms with E-state index in [2.05, 4.69) is 33.6 Å². The molecule has 21 heavy (non-hydrogen) atoms. The molecule has 1 aliphatic heterocycles. The van der Waals surface area contributed by atoms with E-state index < -0.39 is 0 Å². The van der Waals surface area contributed by atoms with Crippen LogP contribution in [0, 0.1) is 0 Å². The van der Waals surface area contributed by atoms with E-state index in [1.165, 1.54) is 24.2 Å². The second kappa shape index (κ2) is 6.31. The smallest absolute Gasteiger partial charge is 0.123 e. The van der Waals surface area contributed by atoms with E-state index in [4.69, 9.17) is 4.74 Å². The number of imidazole rings is 1. The molecule has 0 bridgehead atoms. The highest BCUT2D eigenvalue weighted by atomic mass is 16.5. The molecule has 1 aliphatic rings. The molecule has 0 saturated carbocycles. The predicted molar refractivity (Wildman–Crippen MR) is 83.5 cm³/mol. The van der Waals surface area contributed by atoms with Gasteiger partial charge in [-0.3, -0.25) is 4.90 Å². The van der Waals surface area contributed by atoms with Crippen LogP contribution in [0.4, 0.5) is 0 Å². The Morgan fingerprint density at radius 1 is 1.33 bits per heavy atom. The maximum absolute atomic E-state index is 5.46. The predicted octanol–water partition coefficient (Wildman–Crippen LogP) is 2.81. The van der Waals surface area contributed by atoms with Crippen molar-refractivity contribution in [1.29, 1.82) is 0 Å². The molecule has 1 atom stereocenters. The number of hydrogen-bond donors (Lipinski definition) is 0. The molecule has 0 radical (unpaired) electrons. The summed E-state index contributed by atoms with van der Waals surface area (Å²) in [4.78, 5) is 7.04. The Hall–Kier alpha value is -1.81. The van der Waals surface area contributed by atoms with Crippen LogP contribution in [0.3, 0.4) is 0 Å². The average molecular weight is 285 g/mol. The maximum atomic E-state index is 5.46. The summed E-state index contributed by atoms with van der Waals surface area (Å²) in [6.07, 6.45) is 6.39. The van der Waals surface area contributed by atoms with Crippen molar-refractivity contribution in [3.63, 3.8) is 0 Å². The quantitative estimate of drug-likeness (QED) is 0.865. The second-order valence-corrected chi connectivity index (χ2v) is 5.78. The first-order valence-electron chi connectivity index (χ1n) is 7.59. The van der Waals surface area contributed by atoms with Gasteiger partial charge >= 0.3 is 0 Å². The molecule has 2 heterocycles. The summed E-state index contributed by atoms with van der Waals surface area (Å²) in [7, 11) is 3.83. The van der Waals surface area contributed by atoms with Gasteiger partial charge in [-0.1, -0.05) is 18.2 Å². The summed E-state index contributed by atoms with van der Waals surface area (Å²) in [6, 6.07) is 8.30. The second-order valence-electron chi connectivity index (χ2n) is 5.78. The van der Waals surface area contributed by atoms with Crippen LogP contribution in [0.25, 0.3) is 0 Å². The van der Waals surface area contributed by atoms with Crippen LogP contribution in [0.1, 0.15) is 30.1 Å². The van der Waals surface area contributed by atoms with Gasteiger partial charge in [0.1, 0.15) is 11.6 Å². The van der Waals surface area contributed by atoms with Gasteiger partial charge in [-0.2, -0.15) is 0 Å². The molecule has 4 nitrogen and oxygen atoms in total. The van der Waals surface area contributed by atoms with Gasteiger partial charge in [0.2, 0.25) is 0 Å². The van der Waals surface area contributed by atoms with E-state index in [1.54, 1.807) is 7.11 Å². The van der Waals surface area contributed by atoms with Crippen LogP contribution in [0.2, 0.25) is 0 Å². The molecule has 0 N–H and O–H groups in total. The van der Waals surface area contributed by atoms with E-state index >= 15 is 0 Å². The van der Waals surface area contributed by atoms with Gasteiger partial charge in [-0.15, -0.1) is 0 Å². The Balaban J connectivity index is 1.70. The zero-order chi connectivity index (χ0) is 14.7. The molecule has 0 amide bonds. The van der Waals surface area contributed by atoms with Gasteiger partial charge in [0.15, 0.2) is 0 Å². The van der Waals surface area contributed by atoms with Gasteiger partial charge in [0, 0.05) is 44.0 Å². The Labute approximate surface area is 126 Å². The maximum Gasteiger partial charge on any atom is 0.123 e. The lowest BCUT2D eigenvalue weighted by Crippen LogP contribution is -2.34. The number of ether oxygens (including phenoxy) is 1. The third kappa shape index (κ3) is 3.10. The van der Waals surface area contributed by atoms with Gasteiger partial charge in [0.05, 0.1) is 7.11 Å². The average Bonchev–Trinajstić information content (AvgIpc) is 2.94. The molecular weight excluding hydrogens is 262 g/mol. The van der Waals surface area contributed by atoms with E-state index in [0.717, 1.165) is 25.4 Å². The summed E-state index contributed by atoms with van der Waals surface area (Å²) >= 11 is 0. The minimum absolute atomic E-state index is 0.536. The van der Waals surface area contributed by atoms with E-state index in [0.29, 0.717) is 5.92 Å². The lowest BCUT2D eigenvalue weighted by atomic mass is 9.96. The summed E-state index contributed by atoms with van der Waals surface area (Å²) in [5.41, 5.74) is 1.26. The van der Waals surface area contributed by atoms with Crippen molar-refractivity contribution in [1.82, 2.24) is 14.5 Å². The van der Waals surface area contributed by atoms with E-state index in [-0.39, 0.29) is 0 Å². The zero-order valence-electron chi connectivity index (χ0n) is 12.8. The lowest BCUT2D eigenvalue weighted by molar-refractivity contribution is 0.193. The van der Waals surface area contributed by atoms with Crippen molar-refractivity contribution in [3.8, 4) is 5.75 Å². The van der Waals surface area contributed by atoms with Crippen molar-refractivity contribution in [2.75, 3.05) is 20.2 Å². The van der Waals surface area contributed by atoms with E-state index in [9.17, 15) is 0 Å². The molecule has 0 spiro atoms. The van der Waals surface area contributed by atoms with Gasteiger partial charge in [-0.05, 0) is 25.5 Å². The highest BCUT2D eigenvalue weighted by molar-refractivity contribution is 5.33. The highest BCUT2D eigenvalue weighted by Crippen LogP contribution is 2.28. The van der Waals surface area contributed by atoms with Crippen molar-refractivity contribution in [3.05, 3.63) is 48.0 Å². The first kappa shape index (κ1) is 14.1. The molecule has 0 aliphatic carbocycles. The van der Waals surface area contributed by atoms with Crippen LogP contribution in [0.5, 0.6) is 5.75 Å². The lowest BCUT2D eigenvalue weighted by Gasteiger charge is -2.32. The number of benzene rings is 1. The Kier molecular flexibility index (Phi) is 4.25. The molecule has 1 aromatic heterocycles. The molecule has 112 valence electrons. The topological polar surface area (TPSA) is 30.3 Å². The number of aromatic nitrogens is 2. The normalized spacial score (nSPS) is 19.6. The number of aryl methyl sites for hydroxylation is 1. The number of rotatable bonds is 4. The van der Waals surface area contributed by atoms with Crippen LogP contribution < -0.4 is 4.74 Å². The Bertz CT molecular complexity index is 593. The molecule has 0 unspecified atom stereocenters.